The Hall–Kier alpha value is -2.38. The highest BCUT2D eigenvalue weighted by atomic mass is 19.4. The van der Waals surface area contributed by atoms with Crippen LogP contribution in [0.2, 0.25) is 0 Å². The summed E-state index contributed by atoms with van der Waals surface area (Å²) < 4.78 is 41.7. The molecular weight excluding hydrogens is 381 g/mol. The van der Waals surface area contributed by atoms with Crippen LogP contribution >= 0.6 is 0 Å². The molecule has 29 heavy (non-hydrogen) atoms. The van der Waals surface area contributed by atoms with E-state index in [1.165, 1.54) is 12.1 Å². The molecule has 1 saturated heterocycles. The minimum absolute atomic E-state index is 0.0406. The number of nitrogens with zero attached hydrogens (tertiary/aromatic N) is 4. The van der Waals surface area contributed by atoms with Gasteiger partial charge >= 0.3 is 6.18 Å². The second-order valence-electron chi connectivity index (χ2n) is 8.26. The summed E-state index contributed by atoms with van der Waals surface area (Å²) in [6.07, 6.45) is 1.90. The van der Waals surface area contributed by atoms with Crippen molar-refractivity contribution in [1.82, 2.24) is 19.7 Å². The Balaban J connectivity index is 1.63. The summed E-state index contributed by atoms with van der Waals surface area (Å²) >= 11 is 0. The molecule has 1 aliphatic carbocycles. The first-order valence-corrected chi connectivity index (χ1v) is 10.1. The van der Waals surface area contributed by atoms with Gasteiger partial charge in [0.25, 0.3) is 0 Å². The summed E-state index contributed by atoms with van der Waals surface area (Å²) in [7, 11) is 1.89. The van der Waals surface area contributed by atoms with Gasteiger partial charge in [-0.3, -0.25) is 4.79 Å². The van der Waals surface area contributed by atoms with Gasteiger partial charge in [0, 0.05) is 26.1 Å². The second kappa shape index (κ2) is 7.46. The van der Waals surface area contributed by atoms with Gasteiger partial charge in [-0.2, -0.15) is 13.2 Å². The Bertz CT molecular complexity index is 886. The molecule has 0 N–H and O–H groups in total. The molecule has 1 saturated carbocycles. The topological polar surface area (TPSA) is 51.0 Å². The van der Waals surface area contributed by atoms with Gasteiger partial charge in [0.05, 0.1) is 11.0 Å². The van der Waals surface area contributed by atoms with Crippen molar-refractivity contribution >= 4 is 5.91 Å². The molecule has 0 radical (unpaired) electrons. The maximum Gasteiger partial charge on any atom is 0.416 e. The number of benzene rings is 1. The molecule has 2 aromatic rings. The van der Waals surface area contributed by atoms with Gasteiger partial charge < -0.3 is 9.47 Å². The lowest BCUT2D eigenvalue weighted by atomic mass is 9.76. The number of amides is 1. The summed E-state index contributed by atoms with van der Waals surface area (Å²) in [6.45, 7) is 1.17. The number of carbonyl (C=O) groups excluding carboxylic acids is 1. The van der Waals surface area contributed by atoms with Gasteiger partial charge in [-0.25, -0.2) is 0 Å². The van der Waals surface area contributed by atoms with Gasteiger partial charge in [0.1, 0.15) is 12.2 Å². The van der Waals surface area contributed by atoms with Crippen molar-refractivity contribution in [3.05, 3.63) is 47.5 Å². The number of rotatable bonds is 3. The minimum atomic E-state index is -4.42. The fourth-order valence-corrected chi connectivity index (χ4v) is 4.93. The van der Waals surface area contributed by atoms with Crippen molar-refractivity contribution < 1.29 is 18.0 Å². The number of hydrogen-bond acceptors (Lipinski definition) is 3. The van der Waals surface area contributed by atoms with Crippen LogP contribution in [0, 0.1) is 0 Å². The molecule has 0 spiro atoms. The van der Waals surface area contributed by atoms with Crippen molar-refractivity contribution in [2.24, 2.45) is 7.05 Å². The largest absolute Gasteiger partial charge is 0.416 e. The first-order valence-electron chi connectivity index (χ1n) is 10.1. The second-order valence-corrected chi connectivity index (χ2v) is 8.26. The molecule has 1 aliphatic heterocycles. The number of hydrogen-bond donors (Lipinski definition) is 0. The third kappa shape index (κ3) is 3.65. The molecule has 1 aromatic heterocycles. The number of halogens is 3. The van der Waals surface area contributed by atoms with E-state index in [1.54, 1.807) is 12.4 Å². The van der Waals surface area contributed by atoms with E-state index in [0.717, 1.165) is 37.6 Å². The smallest absolute Gasteiger partial charge is 0.341 e. The highest BCUT2D eigenvalue weighted by Crippen LogP contribution is 2.45. The molecule has 1 aromatic carbocycles. The van der Waals surface area contributed by atoms with E-state index in [1.807, 2.05) is 16.5 Å². The van der Waals surface area contributed by atoms with Gasteiger partial charge in [-0.05, 0) is 37.3 Å². The lowest BCUT2D eigenvalue weighted by Crippen LogP contribution is -2.49. The monoisotopic (exact) mass is 406 g/mol. The van der Waals surface area contributed by atoms with Crippen LogP contribution in [-0.4, -0.2) is 38.7 Å². The number of alkyl halides is 3. The Labute approximate surface area is 167 Å². The van der Waals surface area contributed by atoms with E-state index >= 15 is 0 Å². The molecule has 1 atom stereocenters. The summed E-state index contributed by atoms with van der Waals surface area (Å²) in [5.74, 6) is 0.906. The van der Waals surface area contributed by atoms with Gasteiger partial charge in [0.2, 0.25) is 5.91 Å². The Morgan fingerprint density at radius 3 is 2.62 bits per heavy atom. The first-order chi connectivity index (χ1) is 13.8. The SMILES string of the molecule is Cn1cnnc1[C@@H]1CCCN(C(=O)C2(c3cccc(C(F)(F)F)c3)CCCC2)C1. The van der Waals surface area contributed by atoms with E-state index < -0.39 is 17.2 Å². The first kappa shape index (κ1) is 19.9. The number of likely N-dealkylation sites (tertiary alicyclic amines) is 1. The third-order valence-electron chi connectivity index (χ3n) is 6.43. The third-order valence-corrected chi connectivity index (χ3v) is 6.43. The molecule has 2 fully saturated rings. The van der Waals surface area contributed by atoms with Gasteiger partial charge in [-0.1, -0.05) is 31.0 Å². The van der Waals surface area contributed by atoms with Crippen molar-refractivity contribution in [2.45, 2.75) is 56.0 Å². The standard InChI is InChI=1S/C21H25F3N4O/c1-27-14-25-26-18(27)15-6-5-11-28(13-15)19(29)20(9-2-3-10-20)16-7-4-8-17(12-16)21(22,23)24/h4,7-8,12,14-15H,2-3,5-6,9-11,13H2,1H3/t15-/m1/s1. The van der Waals surface area contributed by atoms with Crippen molar-refractivity contribution in [2.75, 3.05) is 13.1 Å². The predicted octanol–water partition coefficient (Wildman–Crippen LogP) is 4.05. The van der Waals surface area contributed by atoms with Crippen LogP contribution in [-0.2, 0) is 23.4 Å². The average molecular weight is 406 g/mol. The van der Waals surface area contributed by atoms with Crippen LogP contribution in [0.15, 0.2) is 30.6 Å². The Morgan fingerprint density at radius 1 is 1.21 bits per heavy atom. The highest BCUT2D eigenvalue weighted by Gasteiger charge is 2.46. The summed E-state index contributed by atoms with van der Waals surface area (Å²) in [4.78, 5) is 15.5. The van der Waals surface area contributed by atoms with Crippen molar-refractivity contribution in [1.29, 1.82) is 0 Å². The lowest BCUT2D eigenvalue weighted by Gasteiger charge is -2.39. The highest BCUT2D eigenvalue weighted by molar-refractivity contribution is 5.89. The van der Waals surface area contributed by atoms with E-state index in [0.29, 0.717) is 31.5 Å². The van der Waals surface area contributed by atoms with Crippen molar-refractivity contribution in [3.8, 4) is 0 Å². The fourth-order valence-electron chi connectivity index (χ4n) is 4.93. The van der Waals surface area contributed by atoms with Gasteiger partial charge in [-0.15, -0.1) is 10.2 Å². The van der Waals surface area contributed by atoms with Crippen LogP contribution in [0.4, 0.5) is 13.2 Å². The molecule has 156 valence electrons. The minimum Gasteiger partial charge on any atom is -0.341 e. The quantitative estimate of drug-likeness (QED) is 0.773. The normalized spacial score (nSPS) is 22.1. The van der Waals surface area contributed by atoms with Crippen LogP contribution in [0.1, 0.15) is 61.4 Å². The van der Waals surface area contributed by atoms with Crippen LogP contribution in [0.5, 0.6) is 0 Å². The van der Waals surface area contributed by atoms with Crippen LogP contribution in [0.25, 0.3) is 0 Å². The zero-order valence-electron chi connectivity index (χ0n) is 16.5. The number of aromatic nitrogens is 3. The van der Waals surface area contributed by atoms with Crippen LogP contribution < -0.4 is 0 Å². The number of carbonyl (C=O) groups is 1. The predicted molar refractivity (Wildman–Crippen MR) is 101 cm³/mol. The molecule has 0 unspecified atom stereocenters. The number of piperidine rings is 1. The molecular formula is C21H25F3N4O. The Morgan fingerprint density at radius 2 is 1.97 bits per heavy atom. The van der Waals surface area contributed by atoms with E-state index in [2.05, 4.69) is 10.2 Å². The van der Waals surface area contributed by atoms with Gasteiger partial charge in [0.15, 0.2) is 0 Å². The fraction of sp³-hybridized carbons (Fsp3) is 0.571. The molecule has 1 amide bonds. The van der Waals surface area contributed by atoms with Crippen molar-refractivity contribution in [3.63, 3.8) is 0 Å². The molecule has 0 bridgehead atoms. The zero-order valence-corrected chi connectivity index (χ0v) is 16.5. The summed E-state index contributed by atoms with van der Waals surface area (Å²) in [5, 5.41) is 8.14. The molecule has 5 nitrogen and oxygen atoms in total. The molecule has 8 heteroatoms. The molecule has 2 heterocycles. The van der Waals surface area contributed by atoms with E-state index in [9.17, 15) is 18.0 Å². The Kier molecular flexibility index (Phi) is 5.12. The van der Waals surface area contributed by atoms with E-state index in [4.69, 9.17) is 0 Å². The maximum absolute atomic E-state index is 13.7. The molecule has 4 rings (SSSR count). The number of aryl methyl sites for hydroxylation is 1. The maximum atomic E-state index is 13.7. The summed E-state index contributed by atoms with van der Waals surface area (Å²) in [5.41, 5.74) is -1.05. The molecule has 2 aliphatic rings. The lowest BCUT2D eigenvalue weighted by molar-refractivity contribution is -0.140. The average Bonchev–Trinajstić information content (AvgIpc) is 3.37. The summed E-state index contributed by atoms with van der Waals surface area (Å²) in [6, 6.07) is 5.35. The van der Waals surface area contributed by atoms with E-state index in [-0.39, 0.29) is 11.8 Å². The zero-order chi connectivity index (χ0) is 20.6. The van der Waals surface area contributed by atoms with Crippen LogP contribution in [0.3, 0.4) is 0 Å².